The monoisotopic (exact) mass is 316 g/mol. The highest BCUT2D eigenvalue weighted by atomic mass is 16.5. The van der Waals surface area contributed by atoms with Crippen LogP contribution in [-0.4, -0.2) is 54.5 Å². The first-order valence-corrected chi connectivity index (χ1v) is 8.41. The number of hydrogen-bond donors (Lipinski definition) is 0. The molecule has 1 aliphatic heterocycles. The van der Waals surface area contributed by atoms with Gasteiger partial charge in [-0.3, -0.25) is 9.69 Å². The van der Waals surface area contributed by atoms with Crippen molar-refractivity contribution in [2.45, 2.75) is 33.3 Å². The fourth-order valence-electron chi connectivity index (χ4n) is 2.80. The molecule has 1 aromatic rings. The van der Waals surface area contributed by atoms with Crippen molar-refractivity contribution in [2.24, 2.45) is 0 Å². The molecule has 0 aliphatic carbocycles. The Labute approximate surface area is 139 Å². The van der Waals surface area contributed by atoms with Gasteiger partial charge in [0.2, 0.25) is 0 Å². The van der Waals surface area contributed by atoms with Crippen molar-refractivity contribution in [3.8, 4) is 5.75 Å². The van der Waals surface area contributed by atoms with Crippen molar-refractivity contribution < 1.29 is 9.53 Å². The number of benzene rings is 1. The lowest BCUT2D eigenvalue weighted by Crippen LogP contribution is -2.52. The fourth-order valence-corrected chi connectivity index (χ4v) is 2.80. The van der Waals surface area contributed by atoms with Gasteiger partial charge < -0.3 is 9.64 Å². The first kappa shape index (κ1) is 17.5. The summed E-state index contributed by atoms with van der Waals surface area (Å²) in [5.41, 5.74) is 2.41. The predicted molar refractivity (Wildman–Crippen MR) is 93.8 cm³/mol. The molecule has 1 aliphatic rings. The van der Waals surface area contributed by atoms with Crippen molar-refractivity contribution >= 4 is 5.91 Å². The molecule has 2 rings (SSSR count). The van der Waals surface area contributed by atoms with E-state index in [9.17, 15) is 4.79 Å². The Balaban J connectivity index is 1.96. The van der Waals surface area contributed by atoms with Crippen LogP contribution in [0.5, 0.6) is 5.75 Å². The molecule has 1 saturated heterocycles. The number of piperazine rings is 1. The van der Waals surface area contributed by atoms with Crippen LogP contribution in [-0.2, 0) is 4.79 Å². The molecular formula is C19H28N2O2. The second-order valence-electron chi connectivity index (χ2n) is 6.18. The van der Waals surface area contributed by atoms with Crippen LogP contribution in [0, 0.1) is 13.8 Å². The molecule has 0 unspecified atom stereocenters. The van der Waals surface area contributed by atoms with E-state index in [2.05, 4.69) is 25.3 Å². The van der Waals surface area contributed by atoms with Crippen molar-refractivity contribution in [2.75, 3.05) is 32.7 Å². The summed E-state index contributed by atoms with van der Waals surface area (Å²) >= 11 is 0. The van der Waals surface area contributed by atoms with Crippen LogP contribution in [0.3, 0.4) is 0 Å². The number of rotatable bonds is 6. The molecule has 1 aromatic carbocycles. The zero-order valence-electron chi connectivity index (χ0n) is 14.5. The molecular weight excluding hydrogens is 288 g/mol. The summed E-state index contributed by atoms with van der Waals surface area (Å²) in [6.45, 7) is 14.1. The quantitative estimate of drug-likeness (QED) is 0.757. The fraction of sp³-hybridized carbons (Fsp3) is 0.526. The van der Waals surface area contributed by atoms with Gasteiger partial charge in [0.15, 0.2) is 6.10 Å². The normalized spacial score (nSPS) is 16.9. The summed E-state index contributed by atoms with van der Waals surface area (Å²) in [5.74, 6) is 0.877. The Morgan fingerprint density at radius 2 is 1.96 bits per heavy atom. The van der Waals surface area contributed by atoms with Gasteiger partial charge in [-0.25, -0.2) is 0 Å². The number of carbonyl (C=O) groups excluding carboxylic acids is 1. The van der Waals surface area contributed by atoms with E-state index >= 15 is 0 Å². The Hall–Kier alpha value is -1.81. The first-order valence-electron chi connectivity index (χ1n) is 8.41. The summed E-state index contributed by atoms with van der Waals surface area (Å²) in [7, 11) is 0. The van der Waals surface area contributed by atoms with Crippen molar-refractivity contribution in [3.63, 3.8) is 0 Å². The minimum absolute atomic E-state index is 0.101. The van der Waals surface area contributed by atoms with Gasteiger partial charge in [0, 0.05) is 32.7 Å². The molecule has 0 aromatic heterocycles. The summed E-state index contributed by atoms with van der Waals surface area (Å²) in [6, 6.07) is 5.99. The number of aryl methyl sites for hydroxylation is 2. The predicted octanol–water partition coefficient (Wildman–Crippen LogP) is 2.79. The Bertz CT molecular complexity index is 548. The van der Waals surface area contributed by atoms with E-state index < -0.39 is 6.10 Å². The van der Waals surface area contributed by atoms with Gasteiger partial charge in [0.25, 0.3) is 5.91 Å². The smallest absolute Gasteiger partial charge is 0.263 e. The average molecular weight is 316 g/mol. The maximum absolute atomic E-state index is 12.7. The van der Waals surface area contributed by atoms with Gasteiger partial charge in [-0.1, -0.05) is 19.1 Å². The Kier molecular flexibility index (Phi) is 6.22. The summed E-state index contributed by atoms with van der Waals surface area (Å²) in [4.78, 5) is 16.9. The molecule has 4 heteroatoms. The van der Waals surface area contributed by atoms with Crippen LogP contribution in [0.2, 0.25) is 0 Å². The van der Waals surface area contributed by atoms with Crippen LogP contribution < -0.4 is 4.74 Å². The van der Waals surface area contributed by atoms with Crippen LogP contribution >= 0.6 is 0 Å². The lowest BCUT2D eigenvalue weighted by Gasteiger charge is -2.35. The highest BCUT2D eigenvalue weighted by Gasteiger charge is 2.27. The topological polar surface area (TPSA) is 32.8 Å². The third-order valence-corrected chi connectivity index (χ3v) is 4.47. The van der Waals surface area contributed by atoms with Gasteiger partial charge in [-0.2, -0.15) is 0 Å². The van der Waals surface area contributed by atoms with Crippen LogP contribution in [0.4, 0.5) is 0 Å². The maximum Gasteiger partial charge on any atom is 0.263 e. The first-order chi connectivity index (χ1) is 11.0. The Morgan fingerprint density at radius 3 is 2.52 bits per heavy atom. The third-order valence-electron chi connectivity index (χ3n) is 4.47. The molecule has 0 N–H and O–H groups in total. The highest BCUT2D eigenvalue weighted by molar-refractivity contribution is 5.81. The minimum atomic E-state index is -0.400. The highest BCUT2D eigenvalue weighted by Crippen LogP contribution is 2.19. The van der Waals surface area contributed by atoms with Crippen molar-refractivity contribution in [3.05, 3.63) is 42.0 Å². The summed E-state index contributed by atoms with van der Waals surface area (Å²) in [5, 5.41) is 0. The lowest BCUT2D eigenvalue weighted by molar-refractivity contribution is -0.140. The van der Waals surface area contributed by atoms with Gasteiger partial charge in [-0.05, 0) is 43.5 Å². The van der Waals surface area contributed by atoms with Gasteiger partial charge in [-0.15, -0.1) is 6.58 Å². The minimum Gasteiger partial charge on any atom is -0.481 e. The van der Waals surface area contributed by atoms with E-state index in [0.29, 0.717) is 6.42 Å². The average Bonchev–Trinajstić information content (AvgIpc) is 2.56. The number of carbonyl (C=O) groups is 1. The SMILES string of the molecule is C=CCN1CCN(C(=O)[C@H](CC)Oc2ccc(C)c(C)c2)CC1. The zero-order valence-corrected chi connectivity index (χ0v) is 14.5. The number of hydrogen-bond acceptors (Lipinski definition) is 3. The number of nitrogens with zero attached hydrogens (tertiary/aromatic N) is 2. The molecule has 1 fully saturated rings. The van der Waals surface area contributed by atoms with Crippen molar-refractivity contribution in [1.29, 1.82) is 0 Å². The van der Waals surface area contributed by atoms with E-state index in [1.807, 2.05) is 36.1 Å². The van der Waals surface area contributed by atoms with Gasteiger partial charge >= 0.3 is 0 Å². The van der Waals surface area contributed by atoms with Crippen LogP contribution in [0.25, 0.3) is 0 Å². The molecule has 4 nitrogen and oxygen atoms in total. The van der Waals surface area contributed by atoms with Crippen LogP contribution in [0.1, 0.15) is 24.5 Å². The van der Waals surface area contributed by atoms with E-state index in [0.717, 1.165) is 38.5 Å². The van der Waals surface area contributed by atoms with E-state index in [1.165, 1.54) is 11.1 Å². The molecule has 0 bridgehead atoms. The van der Waals surface area contributed by atoms with Crippen LogP contribution in [0.15, 0.2) is 30.9 Å². The zero-order chi connectivity index (χ0) is 16.8. The second kappa shape index (κ2) is 8.16. The van der Waals surface area contributed by atoms with Gasteiger partial charge in [0.1, 0.15) is 5.75 Å². The molecule has 0 radical (unpaired) electrons. The van der Waals surface area contributed by atoms with E-state index in [1.54, 1.807) is 0 Å². The number of ether oxygens (including phenoxy) is 1. The summed E-state index contributed by atoms with van der Waals surface area (Å²) < 4.78 is 5.97. The van der Waals surface area contributed by atoms with Crippen molar-refractivity contribution in [1.82, 2.24) is 9.80 Å². The van der Waals surface area contributed by atoms with E-state index in [4.69, 9.17) is 4.74 Å². The maximum atomic E-state index is 12.7. The number of amides is 1. The van der Waals surface area contributed by atoms with Gasteiger partial charge in [0.05, 0.1) is 0 Å². The molecule has 0 saturated carbocycles. The molecule has 0 spiro atoms. The third kappa shape index (κ3) is 4.58. The summed E-state index contributed by atoms with van der Waals surface area (Å²) in [6.07, 6.45) is 2.19. The molecule has 1 heterocycles. The second-order valence-corrected chi connectivity index (χ2v) is 6.18. The Morgan fingerprint density at radius 1 is 1.26 bits per heavy atom. The molecule has 1 atom stereocenters. The lowest BCUT2D eigenvalue weighted by atomic mass is 10.1. The van der Waals surface area contributed by atoms with E-state index in [-0.39, 0.29) is 5.91 Å². The molecule has 1 amide bonds. The standard InChI is InChI=1S/C19H28N2O2/c1-5-9-20-10-12-21(13-11-20)19(22)18(6-2)23-17-8-7-15(3)16(4)14-17/h5,7-8,14,18H,1,6,9-13H2,2-4H3/t18-/m0/s1. The largest absolute Gasteiger partial charge is 0.481 e. The molecule has 126 valence electrons. The molecule has 23 heavy (non-hydrogen) atoms.